The predicted molar refractivity (Wildman–Crippen MR) is 53.7 cm³/mol. The first-order valence-electron chi connectivity index (χ1n) is 5.52. The normalized spacial score (nSPS) is 27.5. The zero-order valence-electron chi connectivity index (χ0n) is 8.83. The molecule has 1 saturated heterocycles. The lowest BCUT2D eigenvalue weighted by atomic mass is 9.97. The molecule has 78 valence electrons. The van der Waals surface area contributed by atoms with E-state index < -0.39 is 0 Å². The van der Waals surface area contributed by atoms with Crippen LogP contribution in [0.4, 0.5) is 0 Å². The quantitative estimate of drug-likeness (QED) is 0.714. The molecule has 0 aromatic heterocycles. The summed E-state index contributed by atoms with van der Waals surface area (Å²) in [6.45, 7) is 5.25. The summed E-state index contributed by atoms with van der Waals surface area (Å²) in [6, 6.07) is 0. The fourth-order valence-electron chi connectivity index (χ4n) is 1.86. The van der Waals surface area contributed by atoms with Crippen molar-refractivity contribution >= 4 is 0 Å². The SMILES string of the molecule is CCC(C)CC(O)CC1CCCO1. The van der Waals surface area contributed by atoms with Gasteiger partial charge < -0.3 is 9.84 Å². The van der Waals surface area contributed by atoms with Crippen LogP contribution in [-0.2, 0) is 4.74 Å². The lowest BCUT2D eigenvalue weighted by molar-refractivity contribution is 0.0445. The van der Waals surface area contributed by atoms with Gasteiger partial charge in [0.25, 0.3) is 0 Å². The molecule has 1 N–H and O–H groups in total. The summed E-state index contributed by atoms with van der Waals surface area (Å²) in [5, 5.41) is 9.73. The van der Waals surface area contributed by atoms with Gasteiger partial charge in [0.1, 0.15) is 0 Å². The molecule has 2 nitrogen and oxygen atoms in total. The van der Waals surface area contributed by atoms with Crippen LogP contribution in [0.3, 0.4) is 0 Å². The van der Waals surface area contributed by atoms with Gasteiger partial charge in [-0.1, -0.05) is 20.3 Å². The van der Waals surface area contributed by atoms with E-state index in [0.717, 1.165) is 32.3 Å². The molecule has 0 aliphatic carbocycles. The molecule has 1 fully saturated rings. The largest absolute Gasteiger partial charge is 0.393 e. The van der Waals surface area contributed by atoms with Crippen LogP contribution in [0.1, 0.15) is 46.0 Å². The van der Waals surface area contributed by atoms with E-state index in [0.29, 0.717) is 12.0 Å². The van der Waals surface area contributed by atoms with Gasteiger partial charge in [0, 0.05) is 6.61 Å². The minimum absolute atomic E-state index is 0.155. The van der Waals surface area contributed by atoms with Crippen molar-refractivity contribution in [1.29, 1.82) is 0 Å². The van der Waals surface area contributed by atoms with Gasteiger partial charge in [-0.15, -0.1) is 0 Å². The van der Waals surface area contributed by atoms with Crippen LogP contribution >= 0.6 is 0 Å². The fraction of sp³-hybridized carbons (Fsp3) is 1.00. The summed E-state index contributed by atoms with van der Waals surface area (Å²) in [7, 11) is 0. The van der Waals surface area contributed by atoms with Crippen LogP contribution in [0.5, 0.6) is 0 Å². The molecule has 1 rings (SSSR count). The first-order valence-corrected chi connectivity index (χ1v) is 5.52. The Kier molecular flexibility index (Phi) is 4.74. The molecule has 3 unspecified atom stereocenters. The van der Waals surface area contributed by atoms with Gasteiger partial charge in [-0.05, 0) is 31.6 Å². The molecule has 0 aromatic carbocycles. The summed E-state index contributed by atoms with van der Waals surface area (Å²) in [5.41, 5.74) is 0. The second-order valence-electron chi connectivity index (χ2n) is 4.27. The Labute approximate surface area is 81.3 Å². The van der Waals surface area contributed by atoms with Gasteiger partial charge in [0.15, 0.2) is 0 Å². The van der Waals surface area contributed by atoms with Crippen LogP contribution in [0.15, 0.2) is 0 Å². The molecular weight excluding hydrogens is 164 g/mol. The monoisotopic (exact) mass is 186 g/mol. The maximum atomic E-state index is 9.73. The number of hydrogen-bond donors (Lipinski definition) is 1. The lowest BCUT2D eigenvalue weighted by Crippen LogP contribution is -2.19. The van der Waals surface area contributed by atoms with E-state index in [-0.39, 0.29) is 6.10 Å². The van der Waals surface area contributed by atoms with Crippen molar-refractivity contribution in [3.05, 3.63) is 0 Å². The van der Waals surface area contributed by atoms with Gasteiger partial charge in [-0.2, -0.15) is 0 Å². The average molecular weight is 186 g/mol. The van der Waals surface area contributed by atoms with Gasteiger partial charge in [-0.25, -0.2) is 0 Å². The standard InChI is InChI=1S/C11H22O2/c1-3-9(2)7-10(12)8-11-5-4-6-13-11/h9-12H,3-8H2,1-2H3. The van der Waals surface area contributed by atoms with Crippen LogP contribution in [0.2, 0.25) is 0 Å². The maximum Gasteiger partial charge on any atom is 0.0600 e. The first-order chi connectivity index (χ1) is 6.22. The number of ether oxygens (including phenoxy) is 1. The molecular formula is C11H22O2. The third kappa shape index (κ3) is 4.10. The van der Waals surface area contributed by atoms with Crippen molar-refractivity contribution in [3.63, 3.8) is 0 Å². The molecule has 13 heavy (non-hydrogen) atoms. The Morgan fingerprint density at radius 2 is 2.31 bits per heavy atom. The maximum absolute atomic E-state index is 9.73. The van der Waals surface area contributed by atoms with Crippen molar-refractivity contribution in [2.24, 2.45) is 5.92 Å². The molecule has 0 amide bonds. The zero-order chi connectivity index (χ0) is 9.68. The van der Waals surface area contributed by atoms with Gasteiger partial charge >= 0.3 is 0 Å². The molecule has 1 aliphatic rings. The smallest absolute Gasteiger partial charge is 0.0600 e. The Bertz CT molecular complexity index is 130. The number of aliphatic hydroxyl groups excluding tert-OH is 1. The fourth-order valence-corrected chi connectivity index (χ4v) is 1.86. The Balaban J connectivity index is 2.12. The highest BCUT2D eigenvalue weighted by atomic mass is 16.5. The molecule has 0 radical (unpaired) electrons. The Morgan fingerprint density at radius 1 is 1.54 bits per heavy atom. The molecule has 1 aliphatic heterocycles. The van der Waals surface area contributed by atoms with Crippen LogP contribution in [-0.4, -0.2) is 23.9 Å². The second-order valence-corrected chi connectivity index (χ2v) is 4.27. The Hall–Kier alpha value is -0.0800. The second kappa shape index (κ2) is 5.61. The summed E-state index contributed by atoms with van der Waals surface area (Å²) >= 11 is 0. The van der Waals surface area contributed by atoms with E-state index in [1.165, 1.54) is 6.42 Å². The van der Waals surface area contributed by atoms with E-state index in [4.69, 9.17) is 4.74 Å². The summed E-state index contributed by atoms with van der Waals surface area (Å²) in [5.74, 6) is 0.636. The highest BCUT2D eigenvalue weighted by Gasteiger charge is 2.20. The van der Waals surface area contributed by atoms with Crippen LogP contribution < -0.4 is 0 Å². The van der Waals surface area contributed by atoms with Crippen molar-refractivity contribution in [2.75, 3.05) is 6.61 Å². The van der Waals surface area contributed by atoms with E-state index in [9.17, 15) is 5.11 Å². The number of hydrogen-bond acceptors (Lipinski definition) is 2. The summed E-state index contributed by atoms with van der Waals surface area (Å²) < 4.78 is 5.48. The van der Waals surface area contributed by atoms with Gasteiger partial charge in [0.05, 0.1) is 12.2 Å². The van der Waals surface area contributed by atoms with Crippen LogP contribution in [0, 0.1) is 5.92 Å². The molecule has 1 heterocycles. The zero-order valence-corrected chi connectivity index (χ0v) is 8.83. The minimum Gasteiger partial charge on any atom is -0.393 e. The van der Waals surface area contributed by atoms with Gasteiger partial charge in [0.2, 0.25) is 0 Å². The van der Waals surface area contributed by atoms with E-state index in [1.807, 2.05) is 0 Å². The van der Waals surface area contributed by atoms with Crippen molar-refractivity contribution in [1.82, 2.24) is 0 Å². The predicted octanol–water partition coefficient (Wildman–Crippen LogP) is 2.35. The molecule has 0 bridgehead atoms. The van der Waals surface area contributed by atoms with Crippen molar-refractivity contribution in [3.8, 4) is 0 Å². The summed E-state index contributed by atoms with van der Waals surface area (Å²) in [6.07, 6.45) is 5.40. The third-order valence-electron chi connectivity index (χ3n) is 2.93. The van der Waals surface area contributed by atoms with E-state index in [2.05, 4.69) is 13.8 Å². The molecule has 2 heteroatoms. The summed E-state index contributed by atoms with van der Waals surface area (Å²) in [4.78, 5) is 0. The van der Waals surface area contributed by atoms with Crippen molar-refractivity contribution < 1.29 is 9.84 Å². The Morgan fingerprint density at radius 3 is 2.85 bits per heavy atom. The molecule has 0 aromatic rings. The first kappa shape index (κ1) is 11.0. The highest BCUT2D eigenvalue weighted by Crippen LogP contribution is 2.20. The number of rotatable bonds is 5. The molecule has 0 spiro atoms. The number of aliphatic hydroxyl groups is 1. The molecule has 0 saturated carbocycles. The van der Waals surface area contributed by atoms with E-state index >= 15 is 0 Å². The average Bonchev–Trinajstić information content (AvgIpc) is 2.56. The molecule has 3 atom stereocenters. The highest BCUT2D eigenvalue weighted by molar-refractivity contribution is 4.70. The third-order valence-corrected chi connectivity index (χ3v) is 2.93. The van der Waals surface area contributed by atoms with Gasteiger partial charge in [-0.3, -0.25) is 0 Å². The topological polar surface area (TPSA) is 29.5 Å². The minimum atomic E-state index is -0.155. The van der Waals surface area contributed by atoms with Crippen molar-refractivity contribution in [2.45, 2.75) is 58.2 Å². The van der Waals surface area contributed by atoms with Crippen LogP contribution in [0.25, 0.3) is 0 Å². The van der Waals surface area contributed by atoms with E-state index in [1.54, 1.807) is 0 Å². The lowest BCUT2D eigenvalue weighted by Gasteiger charge is -2.17.